The number of ether oxygens (including phenoxy) is 2. The van der Waals surface area contributed by atoms with Gasteiger partial charge in [-0.3, -0.25) is 9.59 Å². The SMILES string of the molecule is COC(=O)C12CCC(CN(C(=O)C34CC(F)C(C3)C4)c3cccc(-c4ccnc(OC)c4)c3)(CC1)CC2. The standard InChI is InChI=1S/C30H35FN2O4/c1-36-25-15-21(6-13-32-25)20-4-3-5-23(14-20)33(26(34)30-16-22(17-30)24(31)18-30)19-28-7-10-29(11-8-28,12-9-28)27(35)37-2/h3-6,13-15,22,24H,7-12,16-19H2,1-2H3. The molecule has 6 aliphatic rings. The number of alkyl halides is 1. The minimum atomic E-state index is -0.871. The number of rotatable bonds is 7. The minimum absolute atomic E-state index is 0.0321. The zero-order chi connectivity index (χ0) is 25.8. The molecule has 0 spiro atoms. The number of hydrogen-bond donors (Lipinski definition) is 0. The molecular formula is C30H35FN2O4. The molecule has 6 aliphatic carbocycles. The van der Waals surface area contributed by atoms with Crippen molar-refractivity contribution in [3.8, 4) is 17.0 Å². The Morgan fingerprint density at radius 3 is 2.30 bits per heavy atom. The second-order valence-electron chi connectivity index (χ2n) is 12.0. The predicted octanol–water partition coefficient (Wildman–Crippen LogP) is 5.74. The highest BCUT2D eigenvalue weighted by Crippen LogP contribution is 2.62. The Labute approximate surface area is 217 Å². The van der Waals surface area contributed by atoms with Crippen molar-refractivity contribution in [1.29, 1.82) is 0 Å². The Morgan fingerprint density at radius 2 is 1.68 bits per heavy atom. The molecule has 0 saturated heterocycles. The third-order valence-corrected chi connectivity index (χ3v) is 10.1. The number of hydrogen-bond acceptors (Lipinski definition) is 5. The van der Waals surface area contributed by atoms with E-state index in [0.717, 1.165) is 55.3 Å². The molecule has 1 amide bonds. The Morgan fingerprint density at radius 1 is 0.973 bits per heavy atom. The van der Waals surface area contributed by atoms with Gasteiger partial charge in [0.05, 0.1) is 25.0 Å². The number of esters is 1. The van der Waals surface area contributed by atoms with Crippen LogP contribution in [0.4, 0.5) is 10.1 Å². The van der Waals surface area contributed by atoms with Gasteiger partial charge in [-0.05, 0) is 98.4 Å². The van der Waals surface area contributed by atoms with Crippen LogP contribution < -0.4 is 9.64 Å². The molecule has 7 heteroatoms. The van der Waals surface area contributed by atoms with Crippen LogP contribution in [-0.2, 0) is 14.3 Å². The first-order valence-electron chi connectivity index (χ1n) is 13.5. The molecule has 196 valence electrons. The second-order valence-corrected chi connectivity index (χ2v) is 12.0. The number of amides is 1. The van der Waals surface area contributed by atoms with Crippen LogP contribution in [0.2, 0.25) is 0 Å². The number of fused-ring (bicyclic) bond motifs is 4. The zero-order valence-electron chi connectivity index (χ0n) is 21.7. The summed E-state index contributed by atoms with van der Waals surface area (Å²) in [6.07, 6.45) is 7.60. The number of benzene rings is 1. The van der Waals surface area contributed by atoms with Gasteiger partial charge >= 0.3 is 5.97 Å². The van der Waals surface area contributed by atoms with Crippen molar-refractivity contribution in [2.45, 2.75) is 64.0 Å². The summed E-state index contributed by atoms with van der Waals surface area (Å²) in [5.41, 5.74) is 1.82. The second kappa shape index (κ2) is 8.81. The van der Waals surface area contributed by atoms with Crippen LogP contribution in [0.1, 0.15) is 57.8 Å². The molecule has 37 heavy (non-hydrogen) atoms. The number of anilines is 1. The summed E-state index contributed by atoms with van der Waals surface area (Å²) in [7, 11) is 3.07. The molecule has 1 unspecified atom stereocenters. The lowest BCUT2D eigenvalue weighted by atomic mass is 9.53. The lowest BCUT2D eigenvalue weighted by Gasteiger charge is -2.54. The maximum atomic E-state index is 14.5. The molecule has 6 fully saturated rings. The first kappa shape index (κ1) is 24.4. The van der Waals surface area contributed by atoms with Crippen molar-refractivity contribution in [2.75, 3.05) is 25.7 Å². The number of carbonyl (C=O) groups excluding carboxylic acids is 2. The smallest absolute Gasteiger partial charge is 0.311 e. The molecule has 0 aliphatic heterocycles. The molecule has 4 bridgehead atoms. The van der Waals surface area contributed by atoms with Gasteiger partial charge in [0.2, 0.25) is 11.8 Å². The third kappa shape index (κ3) is 3.93. The molecule has 1 atom stereocenters. The van der Waals surface area contributed by atoms with Gasteiger partial charge < -0.3 is 14.4 Å². The van der Waals surface area contributed by atoms with Crippen molar-refractivity contribution in [2.24, 2.45) is 22.2 Å². The van der Waals surface area contributed by atoms with Crippen LogP contribution in [0.15, 0.2) is 42.6 Å². The van der Waals surface area contributed by atoms with E-state index in [1.165, 1.54) is 7.11 Å². The van der Waals surface area contributed by atoms with Gasteiger partial charge in [-0.15, -0.1) is 0 Å². The summed E-state index contributed by atoms with van der Waals surface area (Å²) < 4.78 is 25.0. The lowest BCUT2D eigenvalue weighted by Crippen LogP contribution is -2.54. The fourth-order valence-corrected chi connectivity index (χ4v) is 7.65. The van der Waals surface area contributed by atoms with E-state index < -0.39 is 11.6 Å². The van der Waals surface area contributed by atoms with Crippen molar-refractivity contribution < 1.29 is 23.5 Å². The van der Waals surface area contributed by atoms with E-state index in [1.54, 1.807) is 13.3 Å². The summed E-state index contributed by atoms with van der Waals surface area (Å²) in [5, 5.41) is 0. The van der Waals surface area contributed by atoms with Crippen molar-refractivity contribution >= 4 is 17.6 Å². The molecule has 1 aromatic carbocycles. The van der Waals surface area contributed by atoms with Crippen LogP contribution in [0, 0.1) is 22.2 Å². The molecule has 6 nitrogen and oxygen atoms in total. The average molecular weight is 507 g/mol. The van der Waals surface area contributed by atoms with Crippen molar-refractivity contribution in [3.63, 3.8) is 0 Å². The summed E-state index contributed by atoms with van der Waals surface area (Å²) in [6.45, 7) is 0.607. The fraction of sp³-hybridized carbons (Fsp3) is 0.567. The van der Waals surface area contributed by atoms with Gasteiger partial charge in [-0.1, -0.05) is 12.1 Å². The lowest BCUT2D eigenvalue weighted by molar-refractivity contribution is -0.162. The van der Waals surface area contributed by atoms with E-state index in [9.17, 15) is 14.0 Å². The van der Waals surface area contributed by atoms with Crippen LogP contribution in [0.5, 0.6) is 5.88 Å². The van der Waals surface area contributed by atoms with Crippen LogP contribution in [0.3, 0.4) is 0 Å². The van der Waals surface area contributed by atoms with Gasteiger partial charge in [-0.2, -0.15) is 0 Å². The molecule has 6 saturated carbocycles. The van der Waals surface area contributed by atoms with Gasteiger partial charge in [0, 0.05) is 24.5 Å². The van der Waals surface area contributed by atoms with Gasteiger partial charge in [-0.25, -0.2) is 9.37 Å². The average Bonchev–Trinajstić information content (AvgIpc) is 3.45. The maximum Gasteiger partial charge on any atom is 0.311 e. The first-order chi connectivity index (χ1) is 17.8. The normalized spacial score (nSPS) is 33.5. The minimum Gasteiger partial charge on any atom is -0.481 e. The molecule has 2 aromatic rings. The highest BCUT2D eigenvalue weighted by atomic mass is 19.1. The molecule has 8 rings (SSSR count). The molecule has 1 heterocycles. The number of halogens is 1. The molecule has 0 radical (unpaired) electrons. The quantitative estimate of drug-likeness (QED) is 0.448. The maximum absolute atomic E-state index is 14.5. The highest BCUT2D eigenvalue weighted by Gasteiger charge is 2.62. The number of carbonyl (C=O) groups is 2. The van der Waals surface area contributed by atoms with E-state index >= 15 is 0 Å². The Hall–Kier alpha value is -2.96. The summed E-state index contributed by atoms with van der Waals surface area (Å²) in [4.78, 5) is 32.9. The van der Waals surface area contributed by atoms with Gasteiger partial charge in [0.15, 0.2) is 0 Å². The fourth-order valence-electron chi connectivity index (χ4n) is 7.65. The number of methoxy groups -OCH3 is 2. The summed E-state index contributed by atoms with van der Waals surface area (Å²) >= 11 is 0. The largest absolute Gasteiger partial charge is 0.481 e. The number of aromatic nitrogens is 1. The first-order valence-corrected chi connectivity index (χ1v) is 13.5. The highest BCUT2D eigenvalue weighted by molar-refractivity contribution is 5.99. The van der Waals surface area contributed by atoms with E-state index in [4.69, 9.17) is 9.47 Å². The zero-order valence-corrected chi connectivity index (χ0v) is 21.7. The predicted molar refractivity (Wildman–Crippen MR) is 138 cm³/mol. The van der Waals surface area contributed by atoms with Gasteiger partial charge in [0.25, 0.3) is 0 Å². The number of pyridine rings is 1. The number of nitrogens with zero attached hydrogens (tertiary/aromatic N) is 2. The van der Waals surface area contributed by atoms with E-state index in [2.05, 4.69) is 11.1 Å². The molecule has 0 N–H and O–H groups in total. The van der Waals surface area contributed by atoms with Crippen molar-refractivity contribution in [3.05, 3.63) is 42.6 Å². The topological polar surface area (TPSA) is 68.7 Å². The summed E-state index contributed by atoms with van der Waals surface area (Å²) in [6, 6.07) is 11.9. The van der Waals surface area contributed by atoms with Crippen LogP contribution in [0.25, 0.3) is 11.1 Å². The van der Waals surface area contributed by atoms with E-state index in [0.29, 0.717) is 31.7 Å². The Balaban J connectivity index is 1.32. The third-order valence-electron chi connectivity index (χ3n) is 10.1. The van der Waals surface area contributed by atoms with Gasteiger partial charge in [0.1, 0.15) is 6.17 Å². The van der Waals surface area contributed by atoms with E-state index in [-0.39, 0.29) is 28.6 Å². The van der Waals surface area contributed by atoms with Crippen molar-refractivity contribution in [1.82, 2.24) is 4.98 Å². The van der Waals surface area contributed by atoms with Crippen LogP contribution in [-0.4, -0.2) is 43.8 Å². The molecular weight excluding hydrogens is 471 g/mol. The van der Waals surface area contributed by atoms with Crippen LogP contribution >= 0.6 is 0 Å². The Kier molecular flexibility index (Phi) is 5.81. The summed E-state index contributed by atoms with van der Waals surface area (Å²) in [5.74, 6) is 0.545. The monoisotopic (exact) mass is 506 g/mol. The van der Waals surface area contributed by atoms with E-state index in [1.807, 2.05) is 35.2 Å². The Bertz CT molecular complexity index is 1200. The molecule has 1 aromatic heterocycles.